The first-order valence-corrected chi connectivity index (χ1v) is 33.6. The number of phenols is 2. The molecule has 0 amide bonds. The zero-order chi connectivity index (χ0) is 63.9. The van der Waals surface area contributed by atoms with E-state index in [1.807, 2.05) is 0 Å². The molecule has 0 fully saturated rings. The average molecular weight is 1540 g/mol. The molecule has 0 aromatic heterocycles. The van der Waals surface area contributed by atoms with Crippen LogP contribution < -0.4 is 209 Å². The van der Waals surface area contributed by atoms with Crippen LogP contribution in [-0.4, -0.2) is 88.0 Å². The predicted octanol–water partition coefficient (Wildman–Crippen LogP) is -9.84. The molecule has 0 saturated carbocycles. The van der Waals surface area contributed by atoms with Crippen molar-refractivity contribution >= 4 is 154 Å². The van der Waals surface area contributed by atoms with E-state index in [2.05, 4.69) is 40.9 Å². The third kappa shape index (κ3) is 25.7. The van der Waals surface area contributed by atoms with Crippen LogP contribution in [-0.2, 0) is 69.8 Å². The summed E-state index contributed by atoms with van der Waals surface area (Å²) < 4.78 is 235. The quantitative estimate of drug-likeness (QED) is 0.0204. The Labute approximate surface area is 655 Å². The van der Waals surface area contributed by atoms with Gasteiger partial charge in [-0.3, -0.25) is 0 Å². The van der Waals surface area contributed by atoms with Crippen molar-refractivity contribution in [2.75, 3.05) is 0 Å². The summed E-state index contributed by atoms with van der Waals surface area (Å²) in [5, 5.41) is 46.6. The summed E-state index contributed by atoms with van der Waals surface area (Å²) >= 11 is 0. The standard InChI is InChI=1S/2C22H17N4O13PS3.5H3N.5Na/c2*27-18-7-4-12-8-16(41(31,32)33)11-20(43(37,38)39)21(12)22(18)26-25-17-6-5-14(10-19(17)42(34,35)36)24-23-13-2-1-3-15(9-13)40(28,29)30;;;;;;;;;;/h2*1-11,27H,(H2,28,29,30)(H,31,32,33)(H,34,35,36)(H,37,38,39);5*1H3;;;;;/q;;;;;;;5*+1/p-5. The van der Waals surface area contributed by atoms with Gasteiger partial charge in [0.25, 0.3) is 0 Å². The molecule has 8 rings (SSSR count). The third-order valence-corrected chi connectivity index (χ3v) is 17.8. The van der Waals surface area contributed by atoms with Gasteiger partial charge in [0.2, 0.25) is 0 Å². The number of quaternary nitrogens is 5. The van der Waals surface area contributed by atoms with Gasteiger partial charge in [-0.15, -0.1) is 20.5 Å². The number of fused-ring (bicyclic) bond motifs is 2. The van der Waals surface area contributed by atoms with Gasteiger partial charge in [0.15, 0.2) is 0 Å². The zero-order valence-corrected chi connectivity index (χ0v) is 68.0. The summed E-state index contributed by atoms with van der Waals surface area (Å²) in [6, 6.07) is 19.9. The molecule has 52 heteroatoms. The van der Waals surface area contributed by atoms with Crippen LogP contribution in [0, 0.1) is 0 Å². The first-order valence-electron chi connectivity index (χ1n) is 22.1. The van der Waals surface area contributed by atoms with Gasteiger partial charge in [-0.25, -0.2) is 50.5 Å². The molecule has 492 valence electrons. The van der Waals surface area contributed by atoms with Gasteiger partial charge in [0.05, 0.1) is 52.1 Å². The molecular weight excluding hydrogens is 1500 g/mol. The Morgan fingerprint density at radius 2 is 0.594 bits per heavy atom. The minimum absolute atomic E-state index is 0. The molecule has 8 aromatic carbocycles. The maximum absolute atomic E-state index is 12.0. The van der Waals surface area contributed by atoms with E-state index in [0.717, 1.165) is 72.8 Å². The summed E-state index contributed by atoms with van der Waals surface area (Å²) in [5.74, 6) is -1.61. The molecule has 0 unspecified atom stereocenters. The monoisotopic (exact) mass is 1540 g/mol. The van der Waals surface area contributed by atoms with Crippen molar-refractivity contribution in [1.82, 2.24) is 30.8 Å². The first kappa shape index (κ1) is 99.2. The molecule has 0 spiro atoms. The van der Waals surface area contributed by atoms with Crippen LogP contribution in [0.4, 0.5) is 45.5 Å². The van der Waals surface area contributed by atoms with Crippen LogP contribution in [0.25, 0.3) is 21.5 Å². The molecule has 39 nitrogen and oxygen atoms in total. The summed E-state index contributed by atoms with van der Waals surface area (Å²) in [6.45, 7) is 0. The molecule has 0 aliphatic heterocycles. The van der Waals surface area contributed by atoms with Crippen molar-refractivity contribution in [1.29, 1.82) is 0 Å². The van der Waals surface area contributed by atoms with Gasteiger partial charge >= 0.3 is 148 Å². The van der Waals surface area contributed by atoms with Gasteiger partial charge in [-0.05, 0) is 134 Å². The Kier molecular flexibility index (Phi) is 39.5. The second-order valence-electron chi connectivity index (χ2n) is 16.8. The normalized spacial score (nSPS) is 11.9. The molecule has 0 aliphatic rings. The number of benzene rings is 8. The summed E-state index contributed by atoms with van der Waals surface area (Å²) in [6.07, 6.45) is 0. The predicted molar refractivity (Wildman–Crippen MR) is 306 cm³/mol. The van der Waals surface area contributed by atoms with Crippen LogP contribution in [0.3, 0.4) is 0 Å². The van der Waals surface area contributed by atoms with E-state index in [9.17, 15) is 117 Å². The summed E-state index contributed by atoms with van der Waals surface area (Å²) in [4.78, 5) is 38.1. The van der Waals surface area contributed by atoms with Crippen molar-refractivity contribution in [3.05, 3.63) is 133 Å². The van der Waals surface area contributed by atoms with Gasteiger partial charge in [-0.2, -0.15) is 20.5 Å². The number of nitrogens with zero attached hydrogens (tertiary/aromatic N) is 8. The van der Waals surface area contributed by atoms with E-state index in [0.29, 0.717) is 24.3 Å². The van der Waals surface area contributed by atoms with Crippen LogP contribution in [0.2, 0.25) is 0 Å². The van der Waals surface area contributed by atoms with Crippen LogP contribution >= 0.6 is 15.2 Å². The summed E-state index contributed by atoms with van der Waals surface area (Å²) in [7, 11) is -42.3. The Morgan fingerprint density at radius 1 is 0.312 bits per heavy atom. The smallest absolute Gasteiger partial charge is 0.807 e. The number of rotatable bonds is 16. The largest absolute Gasteiger partial charge is 1.00 e. The van der Waals surface area contributed by atoms with Crippen LogP contribution in [0.15, 0.2) is 204 Å². The molecular formula is C44H44N13Na5O26P2S6. The van der Waals surface area contributed by atoms with Crippen LogP contribution in [0.5, 0.6) is 11.5 Å². The Hall–Kier alpha value is -3.16. The van der Waals surface area contributed by atoms with E-state index in [1.54, 1.807) is 0 Å². The van der Waals surface area contributed by atoms with E-state index in [4.69, 9.17) is 0 Å². The zero-order valence-electron chi connectivity index (χ0n) is 51.3. The second-order valence-corrected chi connectivity index (χ2v) is 27.9. The molecule has 0 bridgehead atoms. The summed E-state index contributed by atoms with van der Waals surface area (Å²) in [5.41, 5.74) is -3.56. The maximum atomic E-state index is 12.0. The van der Waals surface area contributed by atoms with Crippen molar-refractivity contribution in [2.24, 2.45) is 40.9 Å². The maximum Gasteiger partial charge on any atom is 1.00 e. The Morgan fingerprint density at radius 3 is 0.854 bits per heavy atom. The van der Waals surface area contributed by atoms with Gasteiger partial charge < -0.3 is 97.0 Å². The molecule has 0 atom stereocenters. The molecule has 0 radical (unpaired) electrons. The van der Waals surface area contributed by atoms with E-state index in [-0.39, 0.29) is 224 Å². The Bertz CT molecular complexity index is 4830. The van der Waals surface area contributed by atoms with Crippen molar-refractivity contribution in [2.45, 2.75) is 29.4 Å². The number of hydrogen-bond donors (Lipinski definition) is 7. The molecule has 0 aliphatic carbocycles. The number of azo groups is 4. The van der Waals surface area contributed by atoms with E-state index >= 15 is 0 Å². The average Bonchev–Trinajstić information content (AvgIpc) is 0.761. The van der Waals surface area contributed by atoms with Crippen LogP contribution in [0.1, 0.15) is 0 Å². The van der Waals surface area contributed by atoms with Gasteiger partial charge in [0.1, 0.15) is 95.0 Å². The van der Waals surface area contributed by atoms with Crippen molar-refractivity contribution in [3.63, 3.8) is 0 Å². The van der Waals surface area contributed by atoms with E-state index in [1.165, 1.54) is 24.3 Å². The number of phenolic OH excluding ortho intramolecular Hbond substituents is 2. The molecule has 0 heterocycles. The van der Waals surface area contributed by atoms with Crippen molar-refractivity contribution < 1.29 is 265 Å². The number of aromatic hydroxyl groups is 2. The fraction of sp³-hybridized carbons (Fsp3) is 0. The fourth-order valence-corrected chi connectivity index (χ4v) is 12.3. The first-order chi connectivity index (χ1) is 39.5. The van der Waals surface area contributed by atoms with Gasteiger partial charge in [0, 0.05) is 10.8 Å². The third-order valence-electron chi connectivity index (χ3n) is 10.9. The second kappa shape index (κ2) is 38.2. The van der Waals surface area contributed by atoms with Crippen molar-refractivity contribution in [3.8, 4) is 11.5 Å². The SMILES string of the molecule is O=P([O-])([O-])c1cccc(N=Nc2ccc(N=Nc3c(O)ccc4cc(S(=O)(=O)[O-])cc(S(=O)(=O)[O-])c34)c(S(=O)(=O)[O-])c2)c1.O=P([O-])([O-])c1cccc(N=Nc2ccc(N=Nc3c(O)ccc4cc(S(=O)(=O)[O-])cc(S(=O)(=O)[O-])c34)c(S(=O)(=O)[O-])c2)c1.[NH4+].[NH4+].[NH4+].[NH4+].[NH4+].[Na+].[Na+].[Na+].[Na+].[Na+]. The van der Waals surface area contributed by atoms with E-state index < -0.39 is 161 Å². The Balaban J connectivity index is -0.000000798. The topological polar surface area (TPSA) is 791 Å². The fourth-order valence-electron chi connectivity index (χ4n) is 7.21. The van der Waals surface area contributed by atoms with Gasteiger partial charge in [-0.1, -0.05) is 36.4 Å². The molecule has 96 heavy (non-hydrogen) atoms. The number of hydrogen-bond acceptors (Lipinski definition) is 34. The minimum Gasteiger partial charge on any atom is -0.807 e. The molecule has 0 saturated heterocycles. The molecule has 8 aromatic rings. The minimum atomic E-state index is -5.50. The molecule has 22 N–H and O–H groups in total.